The van der Waals surface area contributed by atoms with Crippen molar-refractivity contribution in [2.24, 2.45) is 0 Å². The molecule has 2 aromatic carbocycles. The van der Waals surface area contributed by atoms with Gasteiger partial charge in [-0.2, -0.15) is 0 Å². The Morgan fingerprint density at radius 2 is 1.81 bits per heavy atom. The molecule has 0 fully saturated rings. The van der Waals surface area contributed by atoms with Crippen LogP contribution < -0.4 is 5.32 Å². The van der Waals surface area contributed by atoms with Gasteiger partial charge in [0.15, 0.2) is 0 Å². The highest BCUT2D eigenvalue weighted by Crippen LogP contribution is 2.22. The summed E-state index contributed by atoms with van der Waals surface area (Å²) in [4.78, 5) is 4.46. The van der Waals surface area contributed by atoms with Crippen LogP contribution in [0.3, 0.4) is 0 Å². The van der Waals surface area contributed by atoms with Crippen LogP contribution in [0.2, 0.25) is 0 Å². The van der Waals surface area contributed by atoms with Crippen molar-refractivity contribution < 1.29 is 4.39 Å². The van der Waals surface area contributed by atoms with E-state index in [-0.39, 0.29) is 5.82 Å². The Labute approximate surface area is 123 Å². The van der Waals surface area contributed by atoms with Gasteiger partial charge in [0.2, 0.25) is 5.95 Å². The highest BCUT2D eigenvalue weighted by molar-refractivity contribution is 5.57. The lowest BCUT2D eigenvalue weighted by molar-refractivity contribution is 0.619. The minimum atomic E-state index is -0.227. The Balaban J connectivity index is 1.97. The van der Waals surface area contributed by atoms with E-state index in [1.54, 1.807) is 13.0 Å². The Morgan fingerprint density at radius 1 is 1.05 bits per heavy atom. The summed E-state index contributed by atoms with van der Waals surface area (Å²) in [5.41, 5.74) is 3.21. The summed E-state index contributed by atoms with van der Waals surface area (Å²) >= 11 is 0. The Bertz CT molecular complexity index is 763. The number of rotatable bonds is 3. The Kier molecular flexibility index (Phi) is 3.44. The van der Waals surface area contributed by atoms with Crippen LogP contribution >= 0.6 is 0 Å². The molecule has 106 valence electrons. The molecule has 4 heteroatoms. The first-order valence-electron chi connectivity index (χ1n) is 6.78. The summed E-state index contributed by atoms with van der Waals surface area (Å²) in [5.74, 6) is 0.441. The lowest BCUT2D eigenvalue weighted by Crippen LogP contribution is -2.01. The van der Waals surface area contributed by atoms with Gasteiger partial charge in [-0.05, 0) is 43.7 Å². The highest BCUT2D eigenvalue weighted by Gasteiger charge is 2.08. The van der Waals surface area contributed by atoms with E-state index in [1.807, 2.05) is 54.1 Å². The summed E-state index contributed by atoms with van der Waals surface area (Å²) in [6, 6.07) is 15.0. The fraction of sp³-hybridized carbons (Fsp3) is 0.118. The van der Waals surface area contributed by atoms with E-state index >= 15 is 0 Å². The molecule has 0 unspecified atom stereocenters. The zero-order valence-corrected chi connectivity index (χ0v) is 12.0. The molecule has 1 N–H and O–H groups in total. The largest absolute Gasteiger partial charge is 0.325 e. The molecule has 0 aliphatic carbocycles. The number of aryl methyl sites for hydroxylation is 2. The second kappa shape index (κ2) is 5.40. The first-order valence-corrected chi connectivity index (χ1v) is 6.78. The maximum Gasteiger partial charge on any atom is 0.212 e. The van der Waals surface area contributed by atoms with E-state index in [0.717, 1.165) is 11.4 Å². The lowest BCUT2D eigenvalue weighted by atomic mass is 10.2. The van der Waals surface area contributed by atoms with Crippen molar-refractivity contribution in [2.75, 3.05) is 5.32 Å². The predicted molar refractivity (Wildman–Crippen MR) is 82.7 cm³/mol. The van der Waals surface area contributed by atoms with Crippen LogP contribution in [-0.2, 0) is 0 Å². The van der Waals surface area contributed by atoms with Gasteiger partial charge < -0.3 is 5.32 Å². The molecule has 1 aromatic heterocycles. The number of hydrogen-bond donors (Lipinski definition) is 1. The third kappa shape index (κ3) is 2.79. The molecule has 0 bridgehead atoms. The molecule has 0 spiro atoms. The van der Waals surface area contributed by atoms with Crippen LogP contribution in [-0.4, -0.2) is 9.55 Å². The summed E-state index contributed by atoms with van der Waals surface area (Å²) < 4.78 is 15.6. The predicted octanol–water partition coefficient (Wildman–Crippen LogP) is 4.37. The van der Waals surface area contributed by atoms with E-state index in [2.05, 4.69) is 10.3 Å². The Morgan fingerprint density at radius 3 is 2.52 bits per heavy atom. The first-order chi connectivity index (χ1) is 10.1. The van der Waals surface area contributed by atoms with Crippen LogP contribution in [0.4, 0.5) is 16.0 Å². The Hall–Kier alpha value is -2.62. The van der Waals surface area contributed by atoms with Crippen molar-refractivity contribution in [3.63, 3.8) is 0 Å². The molecule has 0 saturated heterocycles. The molecular formula is C17H16FN3. The number of para-hydroxylation sites is 1. The van der Waals surface area contributed by atoms with Gasteiger partial charge in [-0.15, -0.1) is 0 Å². The van der Waals surface area contributed by atoms with Crippen LogP contribution in [0, 0.1) is 19.7 Å². The molecule has 3 nitrogen and oxygen atoms in total. The minimum Gasteiger partial charge on any atom is -0.325 e. The molecule has 0 aliphatic heterocycles. The third-order valence-electron chi connectivity index (χ3n) is 3.29. The summed E-state index contributed by atoms with van der Waals surface area (Å²) in [6.45, 7) is 3.68. The lowest BCUT2D eigenvalue weighted by Gasteiger charge is -2.10. The van der Waals surface area contributed by atoms with Gasteiger partial charge >= 0.3 is 0 Å². The zero-order chi connectivity index (χ0) is 14.8. The normalized spacial score (nSPS) is 10.6. The summed E-state index contributed by atoms with van der Waals surface area (Å²) in [6.07, 6.45) is 1.95. The standard InChI is InChI=1S/C17H16FN3/c1-12-8-9-14(10-16(12)18)20-17-19-13(2)11-21(17)15-6-4-3-5-7-15/h3-11H,1-2H3,(H,19,20). The SMILES string of the molecule is Cc1cn(-c2ccccc2)c(Nc2ccc(C)c(F)c2)n1. The number of benzene rings is 2. The second-order valence-corrected chi connectivity index (χ2v) is 5.00. The van der Waals surface area contributed by atoms with Gasteiger partial charge in [0.25, 0.3) is 0 Å². The molecule has 0 atom stereocenters. The van der Waals surface area contributed by atoms with Crippen molar-refractivity contribution in [3.05, 3.63) is 71.8 Å². The molecule has 0 radical (unpaired) electrons. The van der Waals surface area contributed by atoms with Crippen LogP contribution in [0.15, 0.2) is 54.7 Å². The molecule has 0 aliphatic rings. The van der Waals surface area contributed by atoms with Gasteiger partial charge in [0.05, 0.1) is 5.69 Å². The molecule has 21 heavy (non-hydrogen) atoms. The van der Waals surface area contributed by atoms with Crippen LogP contribution in [0.1, 0.15) is 11.3 Å². The molecule has 1 heterocycles. The molecule has 3 rings (SSSR count). The van der Waals surface area contributed by atoms with Crippen molar-refractivity contribution >= 4 is 11.6 Å². The number of halogens is 1. The molecule has 3 aromatic rings. The van der Waals surface area contributed by atoms with Gasteiger partial charge in [-0.25, -0.2) is 9.37 Å². The van der Waals surface area contributed by atoms with E-state index in [9.17, 15) is 4.39 Å². The second-order valence-electron chi connectivity index (χ2n) is 5.00. The summed E-state index contributed by atoms with van der Waals surface area (Å²) in [7, 11) is 0. The topological polar surface area (TPSA) is 29.9 Å². The van der Waals surface area contributed by atoms with Gasteiger partial charge in [-0.1, -0.05) is 24.3 Å². The van der Waals surface area contributed by atoms with E-state index in [4.69, 9.17) is 0 Å². The van der Waals surface area contributed by atoms with Crippen LogP contribution in [0.25, 0.3) is 5.69 Å². The number of aromatic nitrogens is 2. The van der Waals surface area contributed by atoms with Crippen LogP contribution in [0.5, 0.6) is 0 Å². The van der Waals surface area contributed by atoms with Gasteiger partial charge in [-0.3, -0.25) is 4.57 Å². The first kappa shape index (κ1) is 13.4. The maximum absolute atomic E-state index is 13.6. The average molecular weight is 281 g/mol. The number of imidazole rings is 1. The number of nitrogens with one attached hydrogen (secondary N) is 1. The third-order valence-corrected chi connectivity index (χ3v) is 3.29. The number of hydrogen-bond acceptors (Lipinski definition) is 2. The van der Waals surface area contributed by atoms with Crippen molar-refractivity contribution in [1.29, 1.82) is 0 Å². The van der Waals surface area contributed by atoms with Crippen molar-refractivity contribution in [3.8, 4) is 5.69 Å². The average Bonchev–Trinajstić information content (AvgIpc) is 2.85. The van der Waals surface area contributed by atoms with E-state index < -0.39 is 0 Å². The fourth-order valence-electron chi connectivity index (χ4n) is 2.17. The molecule has 0 saturated carbocycles. The number of anilines is 2. The van der Waals surface area contributed by atoms with Crippen molar-refractivity contribution in [1.82, 2.24) is 9.55 Å². The smallest absolute Gasteiger partial charge is 0.212 e. The van der Waals surface area contributed by atoms with Gasteiger partial charge in [0, 0.05) is 17.6 Å². The van der Waals surface area contributed by atoms with Crippen molar-refractivity contribution in [2.45, 2.75) is 13.8 Å². The van der Waals surface area contributed by atoms with Gasteiger partial charge in [0.1, 0.15) is 5.82 Å². The maximum atomic E-state index is 13.6. The monoisotopic (exact) mass is 281 g/mol. The van der Waals surface area contributed by atoms with E-state index in [0.29, 0.717) is 17.2 Å². The zero-order valence-electron chi connectivity index (χ0n) is 12.0. The highest BCUT2D eigenvalue weighted by atomic mass is 19.1. The fourth-order valence-corrected chi connectivity index (χ4v) is 2.17. The quantitative estimate of drug-likeness (QED) is 0.772. The van der Waals surface area contributed by atoms with E-state index in [1.165, 1.54) is 6.07 Å². The summed E-state index contributed by atoms with van der Waals surface area (Å²) in [5, 5.41) is 3.17. The molecule has 0 amide bonds. The number of nitrogens with zero attached hydrogens (tertiary/aromatic N) is 2. The minimum absolute atomic E-state index is 0.227. The molecular weight excluding hydrogens is 265 g/mol.